The van der Waals surface area contributed by atoms with Crippen LogP contribution in [0.15, 0.2) is 0 Å². The van der Waals surface area contributed by atoms with E-state index in [1.54, 1.807) is 4.90 Å². The van der Waals surface area contributed by atoms with E-state index >= 15 is 0 Å². The summed E-state index contributed by atoms with van der Waals surface area (Å²) in [6.45, 7) is 10.5. The van der Waals surface area contributed by atoms with Crippen molar-refractivity contribution < 1.29 is 17.9 Å². The van der Waals surface area contributed by atoms with Gasteiger partial charge in [-0.05, 0) is 47.5 Å². The third-order valence-corrected chi connectivity index (χ3v) is 5.32. The summed E-state index contributed by atoms with van der Waals surface area (Å²) in [6.07, 6.45) is 1.24. The third kappa shape index (κ3) is 6.96. The molecule has 6 nitrogen and oxygen atoms in total. The van der Waals surface area contributed by atoms with E-state index in [4.69, 9.17) is 4.74 Å². The van der Waals surface area contributed by atoms with Gasteiger partial charge in [0.25, 0.3) is 0 Å². The fraction of sp³-hybridized carbons (Fsp3) is 0.933. The Morgan fingerprint density at radius 2 is 2.00 bits per heavy atom. The van der Waals surface area contributed by atoms with E-state index in [0.29, 0.717) is 25.3 Å². The number of carbonyl (C=O) groups excluding carboxylic acids is 1. The molecule has 0 saturated carbocycles. The topological polar surface area (TPSA) is 75.7 Å². The van der Waals surface area contributed by atoms with Crippen molar-refractivity contribution in [2.24, 2.45) is 0 Å². The van der Waals surface area contributed by atoms with Gasteiger partial charge in [-0.1, -0.05) is 0 Å². The fourth-order valence-corrected chi connectivity index (χ4v) is 4.12. The van der Waals surface area contributed by atoms with Crippen molar-refractivity contribution in [1.82, 2.24) is 10.2 Å². The zero-order chi connectivity index (χ0) is 17.0. The summed E-state index contributed by atoms with van der Waals surface area (Å²) < 4.78 is 28.6. The minimum absolute atomic E-state index is 0.00796. The van der Waals surface area contributed by atoms with Crippen molar-refractivity contribution in [2.75, 3.05) is 24.6 Å². The molecule has 1 atom stereocenters. The van der Waals surface area contributed by atoms with Gasteiger partial charge >= 0.3 is 6.09 Å². The lowest BCUT2D eigenvalue weighted by atomic mass is 10.2. The second-order valence-electron chi connectivity index (χ2n) is 7.18. The molecular weight excluding hydrogens is 304 g/mol. The minimum Gasteiger partial charge on any atom is -0.444 e. The lowest BCUT2D eigenvalue weighted by molar-refractivity contribution is 0.0192. The van der Waals surface area contributed by atoms with E-state index in [1.165, 1.54) is 0 Å². The molecule has 1 unspecified atom stereocenters. The molecule has 7 heteroatoms. The number of nitrogens with one attached hydrogen (secondary N) is 1. The van der Waals surface area contributed by atoms with Gasteiger partial charge in [-0.15, -0.1) is 0 Å². The van der Waals surface area contributed by atoms with E-state index in [-0.39, 0.29) is 23.9 Å². The number of carbonyl (C=O) groups is 1. The van der Waals surface area contributed by atoms with Gasteiger partial charge < -0.3 is 15.0 Å². The van der Waals surface area contributed by atoms with Crippen LogP contribution in [0.4, 0.5) is 4.79 Å². The Balaban J connectivity index is 2.46. The van der Waals surface area contributed by atoms with Crippen LogP contribution in [0.2, 0.25) is 0 Å². The minimum atomic E-state index is -2.91. The number of amides is 1. The van der Waals surface area contributed by atoms with Gasteiger partial charge in [-0.25, -0.2) is 13.2 Å². The second-order valence-corrected chi connectivity index (χ2v) is 9.40. The van der Waals surface area contributed by atoms with E-state index < -0.39 is 15.4 Å². The number of hydrogen-bond acceptors (Lipinski definition) is 5. The first-order valence-electron chi connectivity index (χ1n) is 7.93. The number of sulfone groups is 1. The highest BCUT2D eigenvalue weighted by molar-refractivity contribution is 7.91. The number of rotatable bonds is 5. The standard InChI is InChI=1S/C15H30N2O4S/c1-12(2)17(14(18)21-15(3,4)5)9-8-16-13-7-6-10-22(19,20)11-13/h12-13,16H,6-11H2,1-5H3. The first-order chi connectivity index (χ1) is 10.0. The molecule has 1 rings (SSSR count). The maximum absolute atomic E-state index is 12.2. The van der Waals surface area contributed by atoms with Gasteiger partial charge in [0.15, 0.2) is 9.84 Å². The highest BCUT2D eigenvalue weighted by Crippen LogP contribution is 2.13. The van der Waals surface area contributed by atoms with Crippen LogP contribution >= 0.6 is 0 Å². The van der Waals surface area contributed by atoms with Crippen molar-refractivity contribution in [3.8, 4) is 0 Å². The molecule has 1 heterocycles. The Morgan fingerprint density at radius 3 is 2.50 bits per heavy atom. The smallest absolute Gasteiger partial charge is 0.410 e. The first-order valence-corrected chi connectivity index (χ1v) is 9.76. The Morgan fingerprint density at radius 1 is 1.36 bits per heavy atom. The molecule has 1 amide bonds. The van der Waals surface area contributed by atoms with Crippen molar-refractivity contribution >= 4 is 15.9 Å². The number of hydrogen-bond donors (Lipinski definition) is 1. The summed E-state index contributed by atoms with van der Waals surface area (Å²) in [6, 6.07) is 0.0261. The largest absolute Gasteiger partial charge is 0.444 e. The zero-order valence-electron chi connectivity index (χ0n) is 14.4. The summed E-state index contributed by atoms with van der Waals surface area (Å²) in [5.74, 6) is 0.488. The van der Waals surface area contributed by atoms with E-state index in [0.717, 1.165) is 6.42 Å². The molecular formula is C15H30N2O4S. The molecule has 0 aliphatic carbocycles. The number of nitrogens with zero attached hydrogens (tertiary/aromatic N) is 1. The summed E-state index contributed by atoms with van der Waals surface area (Å²) >= 11 is 0. The predicted octanol–water partition coefficient (Wildman–Crippen LogP) is 1.80. The lowest BCUT2D eigenvalue weighted by Gasteiger charge is -2.31. The van der Waals surface area contributed by atoms with Crippen molar-refractivity contribution in [1.29, 1.82) is 0 Å². The third-order valence-electron chi connectivity index (χ3n) is 3.50. The maximum atomic E-state index is 12.2. The van der Waals surface area contributed by atoms with Gasteiger partial charge in [0.2, 0.25) is 0 Å². The van der Waals surface area contributed by atoms with Crippen LogP contribution in [0, 0.1) is 0 Å². The van der Waals surface area contributed by atoms with Crippen LogP contribution in [0.5, 0.6) is 0 Å². The molecule has 1 aliphatic rings. The van der Waals surface area contributed by atoms with Gasteiger partial charge in [-0.3, -0.25) is 0 Å². The second kappa shape index (κ2) is 7.64. The Kier molecular flexibility index (Phi) is 6.67. The maximum Gasteiger partial charge on any atom is 0.410 e. The van der Waals surface area contributed by atoms with E-state index in [1.807, 2.05) is 34.6 Å². The van der Waals surface area contributed by atoms with Crippen LogP contribution in [0.3, 0.4) is 0 Å². The molecule has 0 bridgehead atoms. The first kappa shape index (κ1) is 19.2. The lowest BCUT2D eigenvalue weighted by Crippen LogP contribution is -2.47. The molecule has 1 fully saturated rings. The summed E-state index contributed by atoms with van der Waals surface area (Å²) in [5.41, 5.74) is -0.519. The Hall–Kier alpha value is -0.820. The molecule has 130 valence electrons. The highest BCUT2D eigenvalue weighted by atomic mass is 32.2. The summed E-state index contributed by atoms with van der Waals surface area (Å²) in [7, 11) is -2.91. The molecule has 0 radical (unpaired) electrons. The van der Waals surface area contributed by atoms with E-state index in [9.17, 15) is 13.2 Å². The van der Waals surface area contributed by atoms with Crippen molar-refractivity contribution in [3.63, 3.8) is 0 Å². The Labute approximate surface area is 134 Å². The zero-order valence-corrected chi connectivity index (χ0v) is 15.2. The quantitative estimate of drug-likeness (QED) is 0.830. The van der Waals surface area contributed by atoms with Gasteiger partial charge in [-0.2, -0.15) is 0 Å². The fourth-order valence-electron chi connectivity index (χ4n) is 2.45. The molecule has 0 aromatic heterocycles. The number of ether oxygens (including phenoxy) is 1. The average Bonchev–Trinajstić information content (AvgIpc) is 2.30. The van der Waals surface area contributed by atoms with E-state index in [2.05, 4.69) is 5.32 Å². The molecule has 1 aliphatic heterocycles. The average molecular weight is 334 g/mol. The summed E-state index contributed by atoms with van der Waals surface area (Å²) in [4.78, 5) is 13.8. The van der Waals surface area contributed by atoms with Crippen LogP contribution in [-0.2, 0) is 14.6 Å². The molecule has 22 heavy (non-hydrogen) atoms. The van der Waals surface area contributed by atoms with Crippen molar-refractivity contribution in [2.45, 2.75) is 65.1 Å². The van der Waals surface area contributed by atoms with Crippen LogP contribution in [0.25, 0.3) is 0 Å². The molecule has 1 saturated heterocycles. The van der Waals surface area contributed by atoms with Gasteiger partial charge in [0.1, 0.15) is 5.60 Å². The SMILES string of the molecule is CC(C)N(CCNC1CCCS(=O)(=O)C1)C(=O)OC(C)(C)C. The normalized spacial score (nSPS) is 21.6. The van der Waals surface area contributed by atoms with Crippen LogP contribution < -0.4 is 5.32 Å². The molecule has 1 N–H and O–H groups in total. The van der Waals surface area contributed by atoms with Crippen LogP contribution in [-0.4, -0.2) is 61.7 Å². The molecule has 0 aromatic carbocycles. The Bertz CT molecular complexity index is 468. The van der Waals surface area contributed by atoms with Crippen molar-refractivity contribution in [3.05, 3.63) is 0 Å². The van der Waals surface area contributed by atoms with Gasteiger partial charge in [0.05, 0.1) is 11.5 Å². The monoisotopic (exact) mass is 334 g/mol. The summed E-state index contributed by atoms with van der Waals surface area (Å²) in [5, 5.41) is 3.25. The van der Waals surface area contributed by atoms with Gasteiger partial charge in [0, 0.05) is 25.2 Å². The highest BCUT2D eigenvalue weighted by Gasteiger charge is 2.26. The molecule has 0 aromatic rings. The molecule has 0 spiro atoms. The predicted molar refractivity (Wildman–Crippen MR) is 87.8 cm³/mol. The van der Waals surface area contributed by atoms with Crippen LogP contribution in [0.1, 0.15) is 47.5 Å².